The van der Waals surface area contributed by atoms with Crippen LogP contribution in [0.2, 0.25) is 0 Å². The zero-order chi connectivity index (χ0) is 13.1. The number of halogens is 1. The number of hydrogen-bond acceptors (Lipinski definition) is 3. The fraction of sp³-hybridized carbons (Fsp3) is 0.308. The molecule has 1 heterocycles. The molecule has 0 spiro atoms. The van der Waals surface area contributed by atoms with Gasteiger partial charge < -0.3 is 0 Å². The van der Waals surface area contributed by atoms with Crippen molar-refractivity contribution < 1.29 is 0 Å². The van der Waals surface area contributed by atoms with Crippen molar-refractivity contribution in [3.05, 3.63) is 51.8 Å². The summed E-state index contributed by atoms with van der Waals surface area (Å²) < 4.78 is 2.90. The normalized spacial score (nSPS) is 12.7. The number of rotatable bonds is 4. The molecule has 1 atom stereocenters. The molecule has 0 aliphatic carbocycles. The Morgan fingerprint density at radius 1 is 1.50 bits per heavy atom. The largest absolute Gasteiger partial charge is 0.276 e. The molecule has 1 aromatic heterocycles. The van der Waals surface area contributed by atoms with E-state index in [1.807, 2.05) is 19.4 Å². The summed E-state index contributed by atoms with van der Waals surface area (Å²) in [5.41, 5.74) is 6.41. The van der Waals surface area contributed by atoms with Gasteiger partial charge in [0, 0.05) is 17.7 Å². The maximum atomic E-state index is 5.66. The van der Waals surface area contributed by atoms with Crippen LogP contribution in [0.3, 0.4) is 0 Å². The summed E-state index contributed by atoms with van der Waals surface area (Å²) in [4.78, 5) is 0. The number of aromatic nitrogens is 2. The monoisotopic (exact) mass is 308 g/mol. The zero-order valence-corrected chi connectivity index (χ0v) is 12.1. The van der Waals surface area contributed by atoms with E-state index in [-0.39, 0.29) is 6.04 Å². The second-order valence-electron chi connectivity index (χ2n) is 4.45. The maximum Gasteiger partial charge on any atom is 0.0522 e. The summed E-state index contributed by atoms with van der Waals surface area (Å²) in [6.45, 7) is 2.07. The van der Waals surface area contributed by atoms with Crippen molar-refractivity contribution in [2.75, 3.05) is 0 Å². The number of nitrogens with one attached hydrogen (secondary N) is 1. The molecule has 0 saturated heterocycles. The quantitative estimate of drug-likeness (QED) is 0.673. The van der Waals surface area contributed by atoms with Crippen LogP contribution in [0.1, 0.15) is 22.7 Å². The summed E-state index contributed by atoms with van der Waals surface area (Å²) in [7, 11) is 1.91. The van der Waals surface area contributed by atoms with Crippen molar-refractivity contribution in [1.29, 1.82) is 0 Å². The van der Waals surface area contributed by atoms with Gasteiger partial charge in [-0.25, -0.2) is 0 Å². The average molecular weight is 309 g/mol. The first-order chi connectivity index (χ1) is 8.60. The Kier molecular flexibility index (Phi) is 4.16. The van der Waals surface area contributed by atoms with Crippen LogP contribution in [0.25, 0.3) is 0 Å². The highest BCUT2D eigenvalue weighted by atomic mass is 79.9. The summed E-state index contributed by atoms with van der Waals surface area (Å²) >= 11 is 3.55. The minimum absolute atomic E-state index is 0.0890. The van der Waals surface area contributed by atoms with Crippen LogP contribution in [-0.4, -0.2) is 9.78 Å². The second-order valence-corrected chi connectivity index (χ2v) is 5.31. The van der Waals surface area contributed by atoms with E-state index in [2.05, 4.69) is 51.6 Å². The van der Waals surface area contributed by atoms with E-state index in [1.54, 1.807) is 4.68 Å². The third kappa shape index (κ3) is 2.98. The number of hydrogen-bond donors (Lipinski definition) is 2. The number of benzene rings is 1. The lowest BCUT2D eigenvalue weighted by molar-refractivity contribution is 0.551. The lowest BCUT2D eigenvalue weighted by atomic mass is 10.0. The average Bonchev–Trinajstić information content (AvgIpc) is 2.75. The number of nitrogens with zero attached hydrogens (tertiary/aromatic N) is 2. The van der Waals surface area contributed by atoms with Crippen LogP contribution in [0.5, 0.6) is 0 Å². The number of aryl methyl sites for hydroxylation is 2. The smallest absolute Gasteiger partial charge is 0.0522 e. The van der Waals surface area contributed by atoms with Gasteiger partial charge in [-0.2, -0.15) is 5.10 Å². The Labute approximate surface area is 115 Å². The first-order valence-electron chi connectivity index (χ1n) is 5.80. The van der Waals surface area contributed by atoms with Crippen molar-refractivity contribution >= 4 is 15.9 Å². The van der Waals surface area contributed by atoms with E-state index in [1.165, 1.54) is 11.1 Å². The van der Waals surface area contributed by atoms with Crippen molar-refractivity contribution in [2.45, 2.75) is 19.4 Å². The SMILES string of the molecule is Cc1ccc(C(Cc2cnn(C)c2)NN)cc1Br. The number of nitrogens with two attached hydrogens (primary N) is 1. The second kappa shape index (κ2) is 5.65. The van der Waals surface area contributed by atoms with E-state index in [0.29, 0.717) is 0 Å². The molecule has 0 bridgehead atoms. The molecular weight excluding hydrogens is 292 g/mol. The van der Waals surface area contributed by atoms with Gasteiger partial charge in [0.05, 0.1) is 12.2 Å². The lowest BCUT2D eigenvalue weighted by Crippen LogP contribution is -2.29. The first kappa shape index (κ1) is 13.3. The predicted octanol–water partition coefficient (Wildman–Crippen LogP) is 2.24. The van der Waals surface area contributed by atoms with E-state index in [0.717, 1.165) is 16.5 Å². The summed E-state index contributed by atoms with van der Waals surface area (Å²) in [6, 6.07) is 6.38. The van der Waals surface area contributed by atoms with E-state index in [4.69, 9.17) is 5.84 Å². The maximum absolute atomic E-state index is 5.66. The molecule has 18 heavy (non-hydrogen) atoms. The molecule has 1 aromatic carbocycles. The molecular formula is C13H17BrN4. The van der Waals surface area contributed by atoms with Crippen LogP contribution < -0.4 is 11.3 Å². The number of hydrazine groups is 1. The van der Waals surface area contributed by atoms with Gasteiger partial charge in [-0.15, -0.1) is 0 Å². The molecule has 96 valence electrons. The molecule has 4 nitrogen and oxygen atoms in total. The Bertz CT molecular complexity index is 536. The van der Waals surface area contributed by atoms with Crippen molar-refractivity contribution in [3.8, 4) is 0 Å². The zero-order valence-electron chi connectivity index (χ0n) is 10.5. The van der Waals surface area contributed by atoms with Gasteiger partial charge in [-0.3, -0.25) is 16.0 Å². The third-order valence-electron chi connectivity index (χ3n) is 3.00. The molecule has 3 N–H and O–H groups in total. The van der Waals surface area contributed by atoms with Gasteiger partial charge >= 0.3 is 0 Å². The molecule has 0 amide bonds. The lowest BCUT2D eigenvalue weighted by Gasteiger charge is -2.16. The Morgan fingerprint density at radius 2 is 2.28 bits per heavy atom. The molecule has 0 radical (unpaired) electrons. The molecule has 0 aliphatic rings. The van der Waals surface area contributed by atoms with Crippen molar-refractivity contribution in [2.24, 2.45) is 12.9 Å². The summed E-state index contributed by atoms with van der Waals surface area (Å²) in [5, 5.41) is 4.17. The molecule has 0 saturated carbocycles. The Hall–Kier alpha value is -1.17. The topological polar surface area (TPSA) is 55.9 Å². The molecule has 0 aliphatic heterocycles. The molecule has 2 aromatic rings. The highest BCUT2D eigenvalue weighted by Gasteiger charge is 2.12. The first-order valence-corrected chi connectivity index (χ1v) is 6.59. The van der Waals surface area contributed by atoms with Crippen LogP contribution in [-0.2, 0) is 13.5 Å². The highest BCUT2D eigenvalue weighted by molar-refractivity contribution is 9.10. The van der Waals surface area contributed by atoms with Crippen LogP contribution in [0.4, 0.5) is 0 Å². The van der Waals surface area contributed by atoms with Gasteiger partial charge in [0.1, 0.15) is 0 Å². The summed E-state index contributed by atoms with van der Waals surface area (Å²) in [5.74, 6) is 5.66. The predicted molar refractivity (Wildman–Crippen MR) is 75.9 cm³/mol. The van der Waals surface area contributed by atoms with Gasteiger partial charge in [-0.05, 0) is 36.1 Å². The van der Waals surface area contributed by atoms with Gasteiger partial charge in [0.2, 0.25) is 0 Å². The Balaban J connectivity index is 2.19. The van der Waals surface area contributed by atoms with Gasteiger partial charge in [-0.1, -0.05) is 28.1 Å². The minimum Gasteiger partial charge on any atom is -0.276 e. The van der Waals surface area contributed by atoms with Crippen LogP contribution in [0, 0.1) is 6.92 Å². The molecule has 5 heteroatoms. The van der Waals surface area contributed by atoms with E-state index >= 15 is 0 Å². The van der Waals surface area contributed by atoms with Crippen molar-refractivity contribution in [1.82, 2.24) is 15.2 Å². The van der Waals surface area contributed by atoms with E-state index in [9.17, 15) is 0 Å². The van der Waals surface area contributed by atoms with Crippen LogP contribution in [0.15, 0.2) is 35.1 Å². The summed E-state index contributed by atoms with van der Waals surface area (Å²) in [6.07, 6.45) is 4.70. The minimum atomic E-state index is 0.0890. The highest BCUT2D eigenvalue weighted by Crippen LogP contribution is 2.23. The van der Waals surface area contributed by atoms with Crippen molar-refractivity contribution in [3.63, 3.8) is 0 Å². The van der Waals surface area contributed by atoms with E-state index < -0.39 is 0 Å². The molecule has 2 rings (SSSR count). The van der Waals surface area contributed by atoms with Gasteiger partial charge in [0.25, 0.3) is 0 Å². The van der Waals surface area contributed by atoms with Gasteiger partial charge in [0.15, 0.2) is 0 Å². The molecule has 1 unspecified atom stereocenters. The fourth-order valence-electron chi connectivity index (χ4n) is 1.91. The van der Waals surface area contributed by atoms with Crippen LogP contribution >= 0.6 is 15.9 Å². The molecule has 0 fully saturated rings. The Morgan fingerprint density at radius 3 is 2.83 bits per heavy atom. The third-order valence-corrected chi connectivity index (χ3v) is 3.85. The standard InChI is InChI=1S/C13H17BrN4/c1-9-3-4-11(6-12(9)14)13(17-15)5-10-7-16-18(2)8-10/h3-4,6-8,13,17H,5,15H2,1-2H3. The fourth-order valence-corrected chi connectivity index (χ4v) is 2.31.